The lowest BCUT2D eigenvalue weighted by Crippen LogP contribution is -2.22. The molecule has 0 aliphatic rings. The van der Waals surface area contributed by atoms with Crippen molar-refractivity contribution in [3.05, 3.63) is 28.4 Å². The Morgan fingerprint density at radius 1 is 1.50 bits per heavy atom. The van der Waals surface area contributed by atoms with Gasteiger partial charge in [0.15, 0.2) is 0 Å². The van der Waals surface area contributed by atoms with Crippen molar-refractivity contribution in [1.29, 1.82) is 0 Å². The van der Waals surface area contributed by atoms with Gasteiger partial charge in [0.25, 0.3) is 5.56 Å². The molecule has 0 spiro atoms. The first kappa shape index (κ1) is 8.97. The molecule has 3 heteroatoms. The number of hydrogen-bond donors (Lipinski definition) is 0. The standard InChI is InChI=1S/C9H14N2O/c1-3-5-8-6-10-7-11(4-2)9(8)12/h6-7H,3-5H2,1-2H3. The van der Waals surface area contributed by atoms with Crippen LogP contribution in [-0.4, -0.2) is 9.55 Å². The van der Waals surface area contributed by atoms with Crippen LogP contribution in [0.4, 0.5) is 0 Å². The van der Waals surface area contributed by atoms with Crippen molar-refractivity contribution in [2.45, 2.75) is 33.2 Å². The van der Waals surface area contributed by atoms with Gasteiger partial charge in [-0.05, 0) is 13.3 Å². The quantitative estimate of drug-likeness (QED) is 0.676. The molecule has 0 aliphatic carbocycles. The molecule has 1 aromatic rings. The first-order valence-corrected chi connectivity index (χ1v) is 4.32. The van der Waals surface area contributed by atoms with Gasteiger partial charge < -0.3 is 0 Å². The van der Waals surface area contributed by atoms with Crippen molar-refractivity contribution in [2.75, 3.05) is 0 Å². The van der Waals surface area contributed by atoms with Crippen molar-refractivity contribution in [3.63, 3.8) is 0 Å². The van der Waals surface area contributed by atoms with E-state index >= 15 is 0 Å². The summed E-state index contributed by atoms with van der Waals surface area (Å²) in [6, 6.07) is 0. The SMILES string of the molecule is CCCc1cncn(CC)c1=O. The average molecular weight is 166 g/mol. The lowest BCUT2D eigenvalue weighted by atomic mass is 10.2. The molecule has 1 rings (SSSR count). The van der Waals surface area contributed by atoms with Gasteiger partial charge in [-0.1, -0.05) is 13.3 Å². The molecule has 0 atom stereocenters. The summed E-state index contributed by atoms with van der Waals surface area (Å²) < 4.78 is 1.63. The van der Waals surface area contributed by atoms with Crippen LogP contribution in [0.5, 0.6) is 0 Å². The third-order valence-corrected chi connectivity index (χ3v) is 1.83. The van der Waals surface area contributed by atoms with Crippen molar-refractivity contribution in [1.82, 2.24) is 9.55 Å². The Morgan fingerprint density at radius 2 is 2.25 bits per heavy atom. The Balaban J connectivity index is 3.06. The lowest BCUT2D eigenvalue weighted by Gasteiger charge is -2.02. The second kappa shape index (κ2) is 4.04. The van der Waals surface area contributed by atoms with Crippen LogP contribution in [0.25, 0.3) is 0 Å². The van der Waals surface area contributed by atoms with Crippen LogP contribution in [0.15, 0.2) is 17.3 Å². The Bertz CT molecular complexity index is 304. The molecule has 0 amide bonds. The van der Waals surface area contributed by atoms with Crippen LogP contribution in [0.3, 0.4) is 0 Å². The highest BCUT2D eigenvalue weighted by Gasteiger charge is 2.00. The topological polar surface area (TPSA) is 34.9 Å². The Morgan fingerprint density at radius 3 is 2.83 bits per heavy atom. The van der Waals surface area contributed by atoms with E-state index in [1.165, 1.54) is 0 Å². The Labute approximate surface area is 72.1 Å². The fraction of sp³-hybridized carbons (Fsp3) is 0.556. The molecule has 0 saturated heterocycles. The van der Waals surface area contributed by atoms with Gasteiger partial charge in [-0.2, -0.15) is 0 Å². The molecule has 0 aliphatic heterocycles. The summed E-state index contributed by atoms with van der Waals surface area (Å²) >= 11 is 0. The summed E-state index contributed by atoms with van der Waals surface area (Å²) in [6.07, 6.45) is 5.07. The first-order chi connectivity index (χ1) is 5.79. The maximum atomic E-state index is 11.5. The molecular formula is C9H14N2O. The van der Waals surface area contributed by atoms with E-state index in [2.05, 4.69) is 11.9 Å². The zero-order chi connectivity index (χ0) is 8.97. The van der Waals surface area contributed by atoms with E-state index in [4.69, 9.17) is 0 Å². The maximum Gasteiger partial charge on any atom is 0.256 e. The molecule has 0 unspecified atom stereocenters. The largest absolute Gasteiger partial charge is 0.299 e. The molecule has 1 aromatic heterocycles. The fourth-order valence-corrected chi connectivity index (χ4v) is 1.16. The number of aromatic nitrogens is 2. The maximum absolute atomic E-state index is 11.5. The second-order valence-corrected chi connectivity index (χ2v) is 2.76. The van der Waals surface area contributed by atoms with E-state index in [0.717, 1.165) is 18.4 Å². The van der Waals surface area contributed by atoms with E-state index in [1.54, 1.807) is 17.1 Å². The number of aryl methyl sites for hydroxylation is 2. The minimum Gasteiger partial charge on any atom is -0.299 e. The number of hydrogen-bond acceptors (Lipinski definition) is 2. The van der Waals surface area contributed by atoms with Gasteiger partial charge in [0.2, 0.25) is 0 Å². The lowest BCUT2D eigenvalue weighted by molar-refractivity contribution is 0.688. The summed E-state index contributed by atoms with van der Waals surface area (Å²) in [5.74, 6) is 0. The van der Waals surface area contributed by atoms with Gasteiger partial charge >= 0.3 is 0 Å². The minimum atomic E-state index is 0.106. The summed E-state index contributed by atoms with van der Waals surface area (Å²) in [6.45, 7) is 4.70. The molecular weight excluding hydrogens is 152 g/mol. The van der Waals surface area contributed by atoms with Crippen LogP contribution in [0.2, 0.25) is 0 Å². The van der Waals surface area contributed by atoms with E-state index in [1.807, 2.05) is 6.92 Å². The van der Waals surface area contributed by atoms with E-state index in [9.17, 15) is 4.79 Å². The van der Waals surface area contributed by atoms with Gasteiger partial charge in [-0.25, -0.2) is 4.98 Å². The molecule has 0 fully saturated rings. The van der Waals surface area contributed by atoms with Crippen molar-refractivity contribution >= 4 is 0 Å². The highest BCUT2D eigenvalue weighted by Crippen LogP contribution is 1.93. The second-order valence-electron chi connectivity index (χ2n) is 2.76. The highest BCUT2D eigenvalue weighted by atomic mass is 16.1. The summed E-state index contributed by atoms with van der Waals surface area (Å²) in [5, 5.41) is 0. The van der Waals surface area contributed by atoms with Crippen LogP contribution in [0.1, 0.15) is 25.8 Å². The molecule has 0 N–H and O–H groups in total. The third-order valence-electron chi connectivity index (χ3n) is 1.83. The molecule has 0 aromatic carbocycles. The van der Waals surface area contributed by atoms with Crippen LogP contribution in [-0.2, 0) is 13.0 Å². The molecule has 1 heterocycles. The zero-order valence-corrected chi connectivity index (χ0v) is 7.58. The highest BCUT2D eigenvalue weighted by molar-refractivity contribution is 5.04. The van der Waals surface area contributed by atoms with E-state index < -0.39 is 0 Å². The van der Waals surface area contributed by atoms with E-state index in [-0.39, 0.29) is 5.56 Å². The van der Waals surface area contributed by atoms with Gasteiger partial charge in [0.1, 0.15) is 0 Å². The summed E-state index contributed by atoms with van der Waals surface area (Å²) in [4.78, 5) is 15.5. The van der Waals surface area contributed by atoms with Crippen molar-refractivity contribution in [2.24, 2.45) is 0 Å². The zero-order valence-electron chi connectivity index (χ0n) is 7.58. The fourth-order valence-electron chi connectivity index (χ4n) is 1.16. The van der Waals surface area contributed by atoms with E-state index in [0.29, 0.717) is 6.54 Å². The molecule has 12 heavy (non-hydrogen) atoms. The molecule has 66 valence electrons. The Hall–Kier alpha value is -1.12. The monoisotopic (exact) mass is 166 g/mol. The molecule has 0 radical (unpaired) electrons. The predicted molar refractivity (Wildman–Crippen MR) is 48.2 cm³/mol. The first-order valence-electron chi connectivity index (χ1n) is 4.32. The van der Waals surface area contributed by atoms with Crippen LogP contribution < -0.4 is 5.56 Å². The molecule has 3 nitrogen and oxygen atoms in total. The number of nitrogens with zero attached hydrogens (tertiary/aromatic N) is 2. The normalized spacial score (nSPS) is 10.2. The van der Waals surface area contributed by atoms with Crippen LogP contribution in [0, 0.1) is 0 Å². The third kappa shape index (κ3) is 1.72. The van der Waals surface area contributed by atoms with Gasteiger partial charge in [-0.15, -0.1) is 0 Å². The van der Waals surface area contributed by atoms with Gasteiger partial charge in [0, 0.05) is 18.3 Å². The smallest absolute Gasteiger partial charge is 0.256 e. The Kier molecular flexibility index (Phi) is 3.02. The van der Waals surface area contributed by atoms with Crippen molar-refractivity contribution < 1.29 is 0 Å². The summed E-state index contributed by atoms with van der Waals surface area (Å²) in [7, 11) is 0. The minimum absolute atomic E-state index is 0.106. The van der Waals surface area contributed by atoms with Crippen LogP contribution >= 0.6 is 0 Å². The van der Waals surface area contributed by atoms with Gasteiger partial charge in [-0.3, -0.25) is 9.36 Å². The van der Waals surface area contributed by atoms with Gasteiger partial charge in [0.05, 0.1) is 6.33 Å². The predicted octanol–water partition coefficient (Wildman–Crippen LogP) is 1.22. The van der Waals surface area contributed by atoms with Crippen molar-refractivity contribution in [3.8, 4) is 0 Å². The molecule has 0 bridgehead atoms. The number of rotatable bonds is 3. The average Bonchev–Trinajstić information content (AvgIpc) is 2.09. The molecule has 0 saturated carbocycles. The summed E-state index contributed by atoms with van der Waals surface area (Å²) in [5.41, 5.74) is 0.927.